The van der Waals surface area contributed by atoms with E-state index in [-0.39, 0.29) is 24.2 Å². The van der Waals surface area contributed by atoms with E-state index in [1.165, 1.54) is 0 Å². The van der Waals surface area contributed by atoms with Gasteiger partial charge in [-0.3, -0.25) is 9.59 Å². The molecule has 1 heterocycles. The van der Waals surface area contributed by atoms with E-state index in [0.717, 1.165) is 16.7 Å². The maximum absolute atomic E-state index is 12.5. The molecule has 0 saturated carbocycles. The quantitative estimate of drug-likeness (QED) is 0.495. The van der Waals surface area contributed by atoms with Crippen LogP contribution in [0, 0.1) is 5.92 Å². The Kier molecular flexibility index (Phi) is 9.28. The SMILES string of the molecule is COCCNCCNC(=O)C1CCN(c2ccccc2Br)C1=O.Cl. The summed E-state index contributed by atoms with van der Waals surface area (Å²) in [4.78, 5) is 26.3. The monoisotopic (exact) mass is 419 g/mol. The van der Waals surface area contributed by atoms with Crippen molar-refractivity contribution < 1.29 is 14.3 Å². The van der Waals surface area contributed by atoms with E-state index in [9.17, 15) is 9.59 Å². The van der Waals surface area contributed by atoms with Crippen molar-refractivity contribution in [3.63, 3.8) is 0 Å². The predicted molar refractivity (Wildman–Crippen MR) is 99.6 cm³/mol. The number of amides is 2. The molecule has 1 unspecified atom stereocenters. The van der Waals surface area contributed by atoms with Crippen molar-refractivity contribution in [2.75, 3.05) is 44.8 Å². The highest BCUT2D eigenvalue weighted by molar-refractivity contribution is 9.10. The van der Waals surface area contributed by atoms with E-state index in [2.05, 4.69) is 26.6 Å². The summed E-state index contributed by atoms with van der Waals surface area (Å²) in [5.74, 6) is -0.930. The van der Waals surface area contributed by atoms with Crippen molar-refractivity contribution in [1.29, 1.82) is 0 Å². The first-order valence-corrected chi connectivity index (χ1v) is 8.47. The van der Waals surface area contributed by atoms with Gasteiger partial charge in [0.05, 0.1) is 12.3 Å². The third kappa shape index (κ3) is 5.44. The molecule has 2 rings (SSSR count). The van der Waals surface area contributed by atoms with Crippen molar-refractivity contribution in [2.24, 2.45) is 5.92 Å². The Morgan fingerprint density at radius 1 is 1.33 bits per heavy atom. The largest absolute Gasteiger partial charge is 0.383 e. The molecule has 6 nitrogen and oxygen atoms in total. The normalized spacial score (nSPS) is 16.8. The molecule has 0 spiro atoms. The highest BCUT2D eigenvalue weighted by Crippen LogP contribution is 2.31. The van der Waals surface area contributed by atoms with Crippen molar-refractivity contribution >= 4 is 45.8 Å². The fourth-order valence-electron chi connectivity index (χ4n) is 2.53. The van der Waals surface area contributed by atoms with E-state index in [4.69, 9.17) is 4.74 Å². The minimum atomic E-state index is -0.596. The maximum Gasteiger partial charge on any atom is 0.239 e. The van der Waals surface area contributed by atoms with Gasteiger partial charge in [-0.25, -0.2) is 0 Å². The number of benzene rings is 1. The van der Waals surface area contributed by atoms with Crippen LogP contribution in [0.1, 0.15) is 6.42 Å². The Bertz CT molecular complexity index is 559. The summed E-state index contributed by atoms with van der Waals surface area (Å²) in [6, 6.07) is 7.55. The summed E-state index contributed by atoms with van der Waals surface area (Å²) in [6.45, 7) is 3.09. The second-order valence-corrected chi connectivity index (χ2v) is 6.17. The molecular formula is C16H23BrClN3O3. The zero-order valence-electron chi connectivity index (χ0n) is 13.6. The third-order valence-electron chi connectivity index (χ3n) is 3.75. The molecular weight excluding hydrogens is 398 g/mol. The van der Waals surface area contributed by atoms with Gasteiger partial charge < -0.3 is 20.3 Å². The van der Waals surface area contributed by atoms with Crippen molar-refractivity contribution in [1.82, 2.24) is 10.6 Å². The lowest BCUT2D eigenvalue weighted by atomic mass is 10.1. The number of anilines is 1. The minimum Gasteiger partial charge on any atom is -0.383 e. The number of rotatable bonds is 8. The summed E-state index contributed by atoms with van der Waals surface area (Å²) in [7, 11) is 1.64. The molecule has 1 aromatic rings. The van der Waals surface area contributed by atoms with E-state index in [1.807, 2.05) is 24.3 Å². The fourth-order valence-corrected chi connectivity index (χ4v) is 3.03. The molecule has 1 saturated heterocycles. The lowest BCUT2D eigenvalue weighted by molar-refractivity contribution is -0.132. The van der Waals surface area contributed by atoms with Gasteiger partial charge in [0.1, 0.15) is 5.92 Å². The van der Waals surface area contributed by atoms with Crippen molar-refractivity contribution in [3.8, 4) is 0 Å². The second kappa shape index (κ2) is 10.7. The number of carbonyl (C=O) groups excluding carboxylic acids is 2. The zero-order chi connectivity index (χ0) is 16.7. The van der Waals surface area contributed by atoms with E-state index < -0.39 is 5.92 Å². The number of methoxy groups -OCH3 is 1. The smallest absolute Gasteiger partial charge is 0.239 e. The van der Waals surface area contributed by atoms with Crippen LogP contribution in [0.3, 0.4) is 0 Å². The number of nitrogens with one attached hydrogen (secondary N) is 2. The zero-order valence-corrected chi connectivity index (χ0v) is 16.0. The van der Waals surface area contributed by atoms with Gasteiger partial charge >= 0.3 is 0 Å². The van der Waals surface area contributed by atoms with Gasteiger partial charge in [0.15, 0.2) is 0 Å². The van der Waals surface area contributed by atoms with Crippen molar-refractivity contribution in [3.05, 3.63) is 28.7 Å². The van der Waals surface area contributed by atoms with Crippen LogP contribution in [0.2, 0.25) is 0 Å². The van der Waals surface area contributed by atoms with E-state index >= 15 is 0 Å². The summed E-state index contributed by atoms with van der Waals surface area (Å²) in [5, 5.41) is 5.96. The number of hydrogen-bond donors (Lipinski definition) is 2. The molecule has 0 aromatic heterocycles. The molecule has 1 aromatic carbocycles. The number of para-hydroxylation sites is 1. The molecule has 2 N–H and O–H groups in total. The van der Waals surface area contributed by atoms with Gasteiger partial charge in [-0.2, -0.15) is 0 Å². The number of halogens is 2. The molecule has 0 radical (unpaired) electrons. The Hall–Kier alpha value is -1.15. The molecule has 0 bridgehead atoms. The Labute approximate surface area is 156 Å². The average Bonchev–Trinajstić information content (AvgIpc) is 2.92. The van der Waals surface area contributed by atoms with Crippen LogP contribution in [0.25, 0.3) is 0 Å². The summed E-state index contributed by atoms with van der Waals surface area (Å²) in [5.41, 5.74) is 0.814. The summed E-state index contributed by atoms with van der Waals surface area (Å²) in [6.07, 6.45) is 0.545. The highest BCUT2D eigenvalue weighted by atomic mass is 79.9. The lowest BCUT2D eigenvalue weighted by Gasteiger charge is -2.18. The molecule has 24 heavy (non-hydrogen) atoms. The van der Waals surface area contributed by atoms with Gasteiger partial charge in [-0.15, -0.1) is 12.4 Å². The van der Waals surface area contributed by atoms with Crippen LogP contribution >= 0.6 is 28.3 Å². The second-order valence-electron chi connectivity index (χ2n) is 5.32. The number of ether oxygens (including phenoxy) is 1. The summed E-state index contributed by atoms with van der Waals surface area (Å²) >= 11 is 3.45. The molecule has 1 aliphatic heterocycles. The number of carbonyl (C=O) groups is 2. The van der Waals surface area contributed by atoms with Gasteiger partial charge in [-0.05, 0) is 34.5 Å². The average molecular weight is 421 g/mol. The van der Waals surface area contributed by atoms with Gasteiger partial charge in [0, 0.05) is 37.8 Å². The van der Waals surface area contributed by atoms with Gasteiger partial charge in [0.2, 0.25) is 11.8 Å². The first-order chi connectivity index (χ1) is 11.1. The predicted octanol–water partition coefficient (Wildman–Crippen LogP) is 1.58. The Morgan fingerprint density at radius 3 is 2.79 bits per heavy atom. The molecule has 2 amide bonds. The van der Waals surface area contributed by atoms with Gasteiger partial charge in [-0.1, -0.05) is 12.1 Å². The van der Waals surface area contributed by atoms with Crippen LogP contribution in [0.5, 0.6) is 0 Å². The number of hydrogen-bond acceptors (Lipinski definition) is 4. The number of nitrogens with zero attached hydrogens (tertiary/aromatic N) is 1. The Morgan fingerprint density at radius 2 is 2.08 bits per heavy atom. The van der Waals surface area contributed by atoms with E-state index in [0.29, 0.717) is 32.7 Å². The topological polar surface area (TPSA) is 70.7 Å². The van der Waals surface area contributed by atoms with Crippen molar-refractivity contribution in [2.45, 2.75) is 6.42 Å². The standard InChI is InChI=1S/C16H22BrN3O3.ClH/c1-23-11-9-18-7-8-19-15(21)12-6-10-20(16(12)22)14-5-3-2-4-13(14)17;/h2-5,12,18H,6-11H2,1H3,(H,19,21);1H. The maximum atomic E-state index is 12.5. The first-order valence-electron chi connectivity index (χ1n) is 7.68. The minimum absolute atomic E-state index is 0. The molecule has 1 aliphatic rings. The molecule has 8 heteroatoms. The summed E-state index contributed by atoms with van der Waals surface area (Å²) < 4.78 is 5.78. The van der Waals surface area contributed by atoms with Crippen LogP contribution in [-0.2, 0) is 14.3 Å². The van der Waals surface area contributed by atoms with Gasteiger partial charge in [0.25, 0.3) is 0 Å². The van der Waals surface area contributed by atoms with E-state index in [1.54, 1.807) is 12.0 Å². The van der Waals surface area contributed by atoms with Crippen LogP contribution < -0.4 is 15.5 Å². The highest BCUT2D eigenvalue weighted by Gasteiger charge is 2.37. The first kappa shape index (κ1) is 20.9. The molecule has 1 atom stereocenters. The fraction of sp³-hybridized carbons (Fsp3) is 0.500. The molecule has 134 valence electrons. The lowest BCUT2D eigenvalue weighted by Crippen LogP contribution is -2.40. The Balaban J connectivity index is 0.00000288. The van der Waals surface area contributed by atoms with Crippen LogP contribution in [0.15, 0.2) is 28.7 Å². The third-order valence-corrected chi connectivity index (χ3v) is 4.42. The molecule has 1 fully saturated rings. The van der Waals surface area contributed by atoms with Crippen LogP contribution in [0.4, 0.5) is 5.69 Å². The molecule has 0 aliphatic carbocycles. The van der Waals surface area contributed by atoms with Crippen LogP contribution in [-0.4, -0.2) is 51.7 Å².